The lowest BCUT2D eigenvalue weighted by molar-refractivity contribution is -0.167. The fraction of sp³-hybridized carbons (Fsp3) is 0.649. The maximum absolute atomic E-state index is 12.9. The van der Waals surface area contributed by atoms with Crippen molar-refractivity contribution in [1.29, 1.82) is 0 Å². The lowest BCUT2D eigenvalue weighted by atomic mass is 10.0. The van der Waals surface area contributed by atoms with Crippen LogP contribution < -0.4 is 0 Å². The van der Waals surface area contributed by atoms with Gasteiger partial charge in [0.1, 0.15) is 13.2 Å². The molecule has 0 aliphatic carbocycles. The molecule has 0 aromatic carbocycles. The average molecular weight is 1150 g/mol. The number of allylic oxidation sites excluding steroid dienone is 24. The van der Waals surface area contributed by atoms with Crippen LogP contribution in [0.15, 0.2) is 146 Å². The molecular formula is C77H126O6. The average Bonchev–Trinajstić information content (AvgIpc) is 3.50. The van der Waals surface area contributed by atoms with Crippen LogP contribution >= 0.6 is 0 Å². The zero-order valence-corrected chi connectivity index (χ0v) is 53.9. The Labute approximate surface area is 512 Å². The molecule has 0 aromatic rings. The third kappa shape index (κ3) is 68.0. The van der Waals surface area contributed by atoms with Crippen LogP contribution in [0, 0.1) is 0 Å². The number of esters is 3. The topological polar surface area (TPSA) is 78.9 Å². The molecule has 0 radical (unpaired) electrons. The summed E-state index contributed by atoms with van der Waals surface area (Å²) in [6.45, 7) is 6.34. The van der Waals surface area contributed by atoms with Gasteiger partial charge in [0.05, 0.1) is 0 Å². The van der Waals surface area contributed by atoms with E-state index in [1.165, 1.54) is 128 Å². The number of hydrogen-bond acceptors (Lipinski definition) is 6. The van der Waals surface area contributed by atoms with E-state index in [2.05, 4.69) is 167 Å². The molecule has 0 rings (SSSR count). The quantitative estimate of drug-likeness (QED) is 0.0261. The number of rotatable bonds is 61. The fourth-order valence-electron chi connectivity index (χ4n) is 9.24. The minimum atomic E-state index is -0.815. The van der Waals surface area contributed by atoms with E-state index in [-0.39, 0.29) is 37.5 Å². The van der Waals surface area contributed by atoms with Crippen molar-refractivity contribution >= 4 is 17.9 Å². The number of unbranched alkanes of at least 4 members (excludes halogenated alkanes) is 26. The summed E-state index contributed by atoms with van der Waals surface area (Å²) >= 11 is 0. The standard InChI is InChI=1S/C77H126O6/c1-4-7-10-13-16-19-22-25-28-31-33-34-35-36-37-38-39-40-41-42-44-46-49-52-55-58-61-64-67-70-76(79)82-73-74(72-81-75(78)69-66-63-60-57-54-51-48-45-30-27-24-21-18-15-12-9-6-3)83-77(80)71-68-65-62-59-56-53-50-47-43-32-29-26-23-20-17-14-11-8-5-2/h7,9-10,12,16-21,25-30,33-34,43,47-48,51,57,60,74H,4-6,8,11,13-15,22-24,31-32,35-42,44-46,49-50,52-56,58-59,61-73H2,1-3H3/b10-7-,12-9-,19-16-,20-17-,21-18-,28-25-,29-26-,30-27-,34-33-,47-43-,51-48-,60-57-. The van der Waals surface area contributed by atoms with E-state index in [1.54, 1.807) is 0 Å². The van der Waals surface area contributed by atoms with E-state index < -0.39 is 6.10 Å². The lowest BCUT2D eigenvalue weighted by Gasteiger charge is -2.18. The van der Waals surface area contributed by atoms with Gasteiger partial charge in [0, 0.05) is 19.3 Å². The van der Waals surface area contributed by atoms with Crippen LogP contribution in [0.1, 0.15) is 303 Å². The van der Waals surface area contributed by atoms with Crippen LogP contribution in [0.5, 0.6) is 0 Å². The third-order valence-corrected chi connectivity index (χ3v) is 14.3. The molecule has 83 heavy (non-hydrogen) atoms. The fourth-order valence-corrected chi connectivity index (χ4v) is 9.24. The van der Waals surface area contributed by atoms with Crippen LogP contribution in [0.2, 0.25) is 0 Å². The van der Waals surface area contributed by atoms with Gasteiger partial charge in [-0.25, -0.2) is 0 Å². The Kier molecular flexibility index (Phi) is 65.8. The minimum absolute atomic E-state index is 0.104. The van der Waals surface area contributed by atoms with E-state index in [0.717, 1.165) is 128 Å². The summed E-state index contributed by atoms with van der Waals surface area (Å²) in [6, 6.07) is 0. The molecule has 0 amide bonds. The molecule has 0 bridgehead atoms. The largest absolute Gasteiger partial charge is 0.462 e. The molecule has 0 aliphatic rings. The zero-order valence-electron chi connectivity index (χ0n) is 53.9. The molecule has 0 N–H and O–H groups in total. The van der Waals surface area contributed by atoms with E-state index >= 15 is 0 Å². The molecule has 0 heterocycles. The summed E-state index contributed by atoms with van der Waals surface area (Å²) in [4.78, 5) is 38.4. The van der Waals surface area contributed by atoms with Gasteiger partial charge in [-0.2, -0.15) is 0 Å². The number of carbonyl (C=O) groups excluding carboxylic acids is 3. The molecule has 6 heteroatoms. The van der Waals surface area contributed by atoms with Crippen molar-refractivity contribution in [3.63, 3.8) is 0 Å². The normalized spacial score (nSPS) is 13.0. The first-order valence-corrected chi connectivity index (χ1v) is 34.3. The molecule has 470 valence electrons. The Morgan fingerprint density at radius 3 is 0.783 bits per heavy atom. The summed E-state index contributed by atoms with van der Waals surface area (Å²) in [5, 5.41) is 0. The second kappa shape index (κ2) is 69.8. The van der Waals surface area contributed by atoms with E-state index in [9.17, 15) is 14.4 Å². The SMILES string of the molecule is CC/C=C\C/C=C\C/C=C\C/C=C\C/C=C\CCCC(=O)OCC(COC(=O)CCCCCCCCCCCCCCCCCC/C=C\C/C=C\C/C=C\C/C=C\CC)OC(=O)CCCCCCCC/C=C\C/C=C\C/C=C\CCCCC. The highest BCUT2D eigenvalue weighted by molar-refractivity contribution is 5.71. The van der Waals surface area contributed by atoms with E-state index in [0.29, 0.717) is 19.3 Å². The molecular weight excluding hydrogens is 1020 g/mol. The Bertz CT molecular complexity index is 1800. The van der Waals surface area contributed by atoms with Crippen LogP contribution in [-0.4, -0.2) is 37.2 Å². The Morgan fingerprint density at radius 1 is 0.253 bits per heavy atom. The predicted octanol–water partition coefficient (Wildman–Crippen LogP) is 23.9. The van der Waals surface area contributed by atoms with Gasteiger partial charge >= 0.3 is 17.9 Å². The van der Waals surface area contributed by atoms with Gasteiger partial charge < -0.3 is 14.2 Å². The van der Waals surface area contributed by atoms with Crippen LogP contribution in [0.4, 0.5) is 0 Å². The third-order valence-electron chi connectivity index (χ3n) is 14.3. The first kappa shape index (κ1) is 78.3. The monoisotopic (exact) mass is 1150 g/mol. The number of hydrogen-bond donors (Lipinski definition) is 0. The van der Waals surface area contributed by atoms with Gasteiger partial charge in [-0.3, -0.25) is 14.4 Å². The summed E-state index contributed by atoms with van der Waals surface area (Å²) < 4.78 is 16.9. The van der Waals surface area contributed by atoms with E-state index in [1.807, 2.05) is 0 Å². The Balaban J connectivity index is 4.38. The highest BCUT2D eigenvalue weighted by atomic mass is 16.6. The predicted molar refractivity (Wildman–Crippen MR) is 362 cm³/mol. The Hall–Kier alpha value is -4.71. The maximum Gasteiger partial charge on any atom is 0.306 e. The second-order valence-electron chi connectivity index (χ2n) is 22.3. The summed E-state index contributed by atoms with van der Waals surface area (Å²) in [5.41, 5.74) is 0. The van der Waals surface area contributed by atoms with Gasteiger partial charge in [-0.15, -0.1) is 0 Å². The summed E-state index contributed by atoms with van der Waals surface area (Å²) in [5.74, 6) is -0.973. The van der Waals surface area contributed by atoms with Crippen molar-refractivity contribution in [2.45, 2.75) is 309 Å². The summed E-state index contributed by atoms with van der Waals surface area (Å²) in [6.07, 6.45) is 100. The molecule has 0 saturated heterocycles. The second-order valence-corrected chi connectivity index (χ2v) is 22.3. The molecule has 0 saturated carbocycles. The van der Waals surface area contributed by atoms with Gasteiger partial charge in [0.15, 0.2) is 6.10 Å². The Morgan fingerprint density at radius 2 is 0.482 bits per heavy atom. The molecule has 1 atom stereocenters. The van der Waals surface area contributed by atoms with Gasteiger partial charge in [-0.1, -0.05) is 295 Å². The van der Waals surface area contributed by atoms with Gasteiger partial charge in [0.2, 0.25) is 0 Å². The van der Waals surface area contributed by atoms with Crippen molar-refractivity contribution < 1.29 is 28.6 Å². The number of ether oxygens (including phenoxy) is 3. The number of carbonyl (C=O) groups is 3. The first-order valence-electron chi connectivity index (χ1n) is 34.3. The molecule has 0 aromatic heterocycles. The maximum atomic E-state index is 12.9. The van der Waals surface area contributed by atoms with Gasteiger partial charge in [0.25, 0.3) is 0 Å². The highest BCUT2D eigenvalue weighted by Gasteiger charge is 2.19. The van der Waals surface area contributed by atoms with Crippen LogP contribution in [-0.2, 0) is 28.6 Å². The first-order chi connectivity index (χ1) is 41.0. The van der Waals surface area contributed by atoms with Crippen molar-refractivity contribution in [1.82, 2.24) is 0 Å². The molecule has 0 aliphatic heterocycles. The van der Waals surface area contributed by atoms with Crippen LogP contribution in [0.25, 0.3) is 0 Å². The minimum Gasteiger partial charge on any atom is -0.462 e. The zero-order chi connectivity index (χ0) is 59.9. The van der Waals surface area contributed by atoms with E-state index in [4.69, 9.17) is 14.2 Å². The van der Waals surface area contributed by atoms with Crippen LogP contribution in [0.3, 0.4) is 0 Å². The van der Waals surface area contributed by atoms with Crippen molar-refractivity contribution in [2.75, 3.05) is 13.2 Å². The van der Waals surface area contributed by atoms with Crippen molar-refractivity contribution in [2.24, 2.45) is 0 Å². The molecule has 6 nitrogen and oxygen atoms in total. The van der Waals surface area contributed by atoms with Crippen molar-refractivity contribution in [3.05, 3.63) is 146 Å². The summed E-state index contributed by atoms with van der Waals surface area (Å²) in [7, 11) is 0. The molecule has 0 fully saturated rings. The van der Waals surface area contributed by atoms with Crippen molar-refractivity contribution in [3.8, 4) is 0 Å². The molecule has 0 spiro atoms. The highest BCUT2D eigenvalue weighted by Crippen LogP contribution is 2.16. The van der Waals surface area contributed by atoms with Gasteiger partial charge in [-0.05, 0) is 135 Å². The smallest absolute Gasteiger partial charge is 0.306 e. The molecule has 1 unspecified atom stereocenters. The lowest BCUT2D eigenvalue weighted by Crippen LogP contribution is -2.30.